The first-order chi connectivity index (χ1) is 4.81. The van der Waals surface area contributed by atoms with Gasteiger partial charge in [-0.05, 0) is 6.92 Å². The zero-order valence-electron chi connectivity index (χ0n) is 6.37. The van der Waals surface area contributed by atoms with Crippen LogP contribution in [0.5, 0.6) is 0 Å². The van der Waals surface area contributed by atoms with Gasteiger partial charge in [-0.1, -0.05) is 0 Å². The van der Waals surface area contributed by atoms with E-state index in [9.17, 15) is 0 Å². The van der Waals surface area contributed by atoms with Crippen LogP contribution in [-0.2, 0) is 14.5 Å². The van der Waals surface area contributed by atoms with Crippen LogP contribution in [0.1, 0.15) is 13.3 Å². The predicted molar refractivity (Wildman–Crippen MR) is 35.2 cm³/mol. The Labute approximate surface area is 60.6 Å². The first-order valence-electron chi connectivity index (χ1n) is 3.26. The Morgan fingerprint density at radius 2 is 2.10 bits per heavy atom. The van der Waals surface area contributed by atoms with Crippen LogP contribution >= 0.6 is 0 Å². The van der Waals surface area contributed by atoms with Gasteiger partial charge in [0.15, 0.2) is 6.29 Å². The molecule has 1 atom stereocenters. The quantitative estimate of drug-likeness (QED) is 0.256. The molecule has 0 aliphatic heterocycles. The maximum absolute atomic E-state index is 8.80. The van der Waals surface area contributed by atoms with E-state index in [1.165, 1.54) is 7.11 Å². The lowest BCUT2D eigenvalue weighted by Crippen LogP contribution is -2.12. The summed E-state index contributed by atoms with van der Waals surface area (Å²) in [5, 5.41) is 8.80. The topological polar surface area (TPSA) is 47.9 Å². The molecule has 1 unspecified atom stereocenters. The van der Waals surface area contributed by atoms with Crippen LogP contribution in [0.2, 0.25) is 0 Å². The molecule has 4 heteroatoms. The number of aliphatic hydroxyl groups excluding tert-OH is 1. The maximum Gasteiger partial charge on any atom is 0.156 e. The molecule has 0 aromatic carbocycles. The summed E-state index contributed by atoms with van der Waals surface area (Å²) in [6.45, 7) is 2.69. The molecule has 0 fully saturated rings. The van der Waals surface area contributed by atoms with Crippen LogP contribution < -0.4 is 0 Å². The number of aliphatic hydroxyl groups is 1. The number of ether oxygens (including phenoxy) is 1. The van der Waals surface area contributed by atoms with Crippen molar-refractivity contribution in [2.45, 2.75) is 19.6 Å². The molecule has 0 aliphatic rings. The minimum absolute atomic E-state index is 0.350. The summed E-state index contributed by atoms with van der Waals surface area (Å²) in [4.78, 5) is 9.18. The number of methoxy groups -OCH3 is 1. The fourth-order valence-corrected chi connectivity index (χ4v) is 0.409. The van der Waals surface area contributed by atoms with Gasteiger partial charge in [0.25, 0.3) is 0 Å². The SMILES string of the molecule is CCOOCCC(O)OC. The molecule has 0 aromatic rings. The Kier molecular flexibility index (Phi) is 6.84. The van der Waals surface area contributed by atoms with Crippen LogP contribution in [0.3, 0.4) is 0 Å². The van der Waals surface area contributed by atoms with Gasteiger partial charge in [0.2, 0.25) is 0 Å². The zero-order valence-corrected chi connectivity index (χ0v) is 6.37. The number of hydrogen-bond donors (Lipinski definition) is 1. The highest BCUT2D eigenvalue weighted by Gasteiger charge is 1.99. The third-order valence-electron chi connectivity index (χ3n) is 0.921. The minimum Gasteiger partial charge on any atom is -0.368 e. The van der Waals surface area contributed by atoms with Crippen molar-refractivity contribution in [1.82, 2.24) is 0 Å². The van der Waals surface area contributed by atoms with E-state index in [-0.39, 0.29) is 0 Å². The Hall–Kier alpha value is -0.160. The van der Waals surface area contributed by atoms with E-state index in [2.05, 4.69) is 14.5 Å². The summed E-state index contributed by atoms with van der Waals surface area (Å²) < 4.78 is 4.55. The lowest BCUT2D eigenvalue weighted by Gasteiger charge is -2.06. The molecule has 0 saturated carbocycles. The summed E-state index contributed by atoms with van der Waals surface area (Å²) in [6, 6.07) is 0. The molecule has 62 valence electrons. The van der Waals surface area contributed by atoms with E-state index in [0.717, 1.165) is 0 Å². The van der Waals surface area contributed by atoms with E-state index in [1.807, 2.05) is 6.92 Å². The molecule has 0 spiro atoms. The summed E-state index contributed by atoms with van der Waals surface area (Å²) in [7, 11) is 1.44. The molecule has 4 nitrogen and oxygen atoms in total. The van der Waals surface area contributed by atoms with E-state index in [4.69, 9.17) is 5.11 Å². The van der Waals surface area contributed by atoms with E-state index in [0.29, 0.717) is 19.6 Å². The average Bonchev–Trinajstić information content (AvgIpc) is 1.98. The molecule has 10 heavy (non-hydrogen) atoms. The predicted octanol–water partition coefficient (Wildman–Crippen LogP) is 0.309. The smallest absolute Gasteiger partial charge is 0.156 e. The van der Waals surface area contributed by atoms with Crippen LogP contribution in [0, 0.1) is 0 Å². The van der Waals surface area contributed by atoms with Gasteiger partial charge in [-0.2, -0.15) is 0 Å². The summed E-state index contributed by atoms with van der Waals surface area (Å²) >= 11 is 0. The number of hydrogen-bond acceptors (Lipinski definition) is 4. The lowest BCUT2D eigenvalue weighted by molar-refractivity contribution is -0.297. The minimum atomic E-state index is -0.750. The van der Waals surface area contributed by atoms with E-state index < -0.39 is 6.29 Å². The standard InChI is InChI=1S/C6H14O4/c1-3-9-10-5-4-6(7)8-2/h6-7H,3-5H2,1-2H3. The molecule has 0 rings (SSSR count). The Bertz CT molecular complexity index is 66.8. The van der Waals surface area contributed by atoms with Crippen LogP contribution in [0.25, 0.3) is 0 Å². The molecule has 0 aromatic heterocycles. The van der Waals surface area contributed by atoms with Gasteiger partial charge < -0.3 is 9.84 Å². The third kappa shape index (κ3) is 5.97. The molecule has 1 N–H and O–H groups in total. The van der Waals surface area contributed by atoms with Crippen molar-refractivity contribution in [2.75, 3.05) is 20.3 Å². The molecule has 0 amide bonds. The van der Waals surface area contributed by atoms with E-state index in [1.54, 1.807) is 0 Å². The van der Waals surface area contributed by atoms with Crippen molar-refractivity contribution < 1.29 is 19.6 Å². The van der Waals surface area contributed by atoms with Gasteiger partial charge >= 0.3 is 0 Å². The van der Waals surface area contributed by atoms with Gasteiger partial charge in [0.05, 0.1) is 13.2 Å². The Morgan fingerprint density at radius 3 is 2.60 bits per heavy atom. The monoisotopic (exact) mass is 150 g/mol. The van der Waals surface area contributed by atoms with Crippen molar-refractivity contribution in [3.05, 3.63) is 0 Å². The van der Waals surface area contributed by atoms with Crippen molar-refractivity contribution >= 4 is 0 Å². The molecular formula is C6H14O4. The van der Waals surface area contributed by atoms with Crippen LogP contribution in [-0.4, -0.2) is 31.7 Å². The summed E-state index contributed by atoms with van der Waals surface area (Å²) in [5.74, 6) is 0. The van der Waals surface area contributed by atoms with Crippen molar-refractivity contribution in [1.29, 1.82) is 0 Å². The van der Waals surface area contributed by atoms with Gasteiger partial charge in [-0.15, -0.1) is 0 Å². The molecule has 0 heterocycles. The van der Waals surface area contributed by atoms with Crippen molar-refractivity contribution in [3.63, 3.8) is 0 Å². The fourth-order valence-electron chi connectivity index (χ4n) is 0.409. The Balaban J connectivity index is 2.89. The van der Waals surface area contributed by atoms with Gasteiger partial charge in [-0.3, -0.25) is 0 Å². The summed E-state index contributed by atoms with van der Waals surface area (Å²) in [5.41, 5.74) is 0. The molecule has 0 saturated heterocycles. The lowest BCUT2D eigenvalue weighted by atomic mass is 10.4. The van der Waals surface area contributed by atoms with Crippen LogP contribution in [0.15, 0.2) is 0 Å². The van der Waals surface area contributed by atoms with Gasteiger partial charge in [-0.25, -0.2) is 9.78 Å². The molecule has 0 aliphatic carbocycles. The fraction of sp³-hybridized carbons (Fsp3) is 1.00. The number of rotatable bonds is 6. The highest BCUT2D eigenvalue weighted by Crippen LogP contribution is 1.92. The normalized spacial score (nSPS) is 13.5. The second-order valence-corrected chi connectivity index (χ2v) is 1.71. The maximum atomic E-state index is 8.80. The highest BCUT2D eigenvalue weighted by atomic mass is 17.2. The largest absolute Gasteiger partial charge is 0.368 e. The molecule has 0 bridgehead atoms. The van der Waals surface area contributed by atoms with Crippen molar-refractivity contribution in [2.24, 2.45) is 0 Å². The van der Waals surface area contributed by atoms with E-state index >= 15 is 0 Å². The third-order valence-corrected chi connectivity index (χ3v) is 0.921. The second-order valence-electron chi connectivity index (χ2n) is 1.71. The first-order valence-corrected chi connectivity index (χ1v) is 3.26. The Morgan fingerprint density at radius 1 is 1.40 bits per heavy atom. The molecular weight excluding hydrogens is 136 g/mol. The highest BCUT2D eigenvalue weighted by molar-refractivity contribution is 4.35. The summed E-state index contributed by atoms with van der Waals surface area (Å²) in [6.07, 6.45) is -0.322. The van der Waals surface area contributed by atoms with Gasteiger partial charge in [0.1, 0.15) is 0 Å². The first kappa shape index (κ1) is 9.84. The molecule has 0 radical (unpaired) electrons. The second kappa shape index (κ2) is 6.95. The average molecular weight is 150 g/mol. The van der Waals surface area contributed by atoms with Crippen LogP contribution in [0.4, 0.5) is 0 Å². The zero-order chi connectivity index (χ0) is 7.82. The van der Waals surface area contributed by atoms with Crippen molar-refractivity contribution in [3.8, 4) is 0 Å². The van der Waals surface area contributed by atoms with Gasteiger partial charge in [0, 0.05) is 13.5 Å².